The summed E-state index contributed by atoms with van der Waals surface area (Å²) in [5, 5.41) is 6.11. The molecule has 3 rings (SSSR count). The van der Waals surface area contributed by atoms with E-state index in [0.717, 1.165) is 16.6 Å². The topological polar surface area (TPSA) is 80.9 Å². The van der Waals surface area contributed by atoms with Crippen molar-refractivity contribution in [3.63, 3.8) is 0 Å². The number of hydrogen-bond donors (Lipinski definition) is 2. The molecule has 1 amide bonds. The molecule has 0 spiro atoms. The Balaban J connectivity index is 1.73. The molecule has 2 heterocycles. The summed E-state index contributed by atoms with van der Waals surface area (Å²) in [5.74, 6) is -0.112. The summed E-state index contributed by atoms with van der Waals surface area (Å²) in [6, 6.07) is 9.44. The highest BCUT2D eigenvalue weighted by Gasteiger charge is 2.07. The number of thiazole rings is 1. The van der Waals surface area contributed by atoms with Gasteiger partial charge in [-0.15, -0.1) is 11.3 Å². The van der Waals surface area contributed by atoms with Crippen molar-refractivity contribution in [3.05, 3.63) is 47.6 Å². The molecule has 0 bridgehead atoms. The lowest BCUT2D eigenvalue weighted by molar-refractivity contribution is -0.115. The van der Waals surface area contributed by atoms with Gasteiger partial charge >= 0.3 is 0 Å². The summed E-state index contributed by atoms with van der Waals surface area (Å²) >= 11 is 1.33. The molecule has 0 atom stereocenters. The average molecular weight is 284 g/mol. The molecule has 6 heteroatoms. The predicted octanol–water partition coefficient (Wildman–Crippen LogP) is 2.45. The van der Waals surface area contributed by atoms with Gasteiger partial charge in [-0.25, -0.2) is 4.98 Å². The molecular formula is C14H12N4OS. The fourth-order valence-corrected chi connectivity index (χ4v) is 2.49. The number of rotatable bonds is 3. The second kappa shape index (κ2) is 5.26. The first-order valence-electron chi connectivity index (χ1n) is 6.05. The molecule has 0 aliphatic rings. The van der Waals surface area contributed by atoms with Crippen molar-refractivity contribution in [3.8, 4) is 0 Å². The van der Waals surface area contributed by atoms with E-state index in [9.17, 15) is 4.79 Å². The number of pyridine rings is 1. The van der Waals surface area contributed by atoms with Crippen molar-refractivity contribution < 1.29 is 4.79 Å². The summed E-state index contributed by atoms with van der Waals surface area (Å²) in [5.41, 5.74) is 7.87. The number of nitrogens with two attached hydrogens (primary N) is 1. The zero-order valence-corrected chi connectivity index (χ0v) is 11.4. The predicted molar refractivity (Wildman–Crippen MR) is 80.6 cm³/mol. The maximum absolute atomic E-state index is 11.9. The Bertz CT molecular complexity index is 768. The normalized spacial score (nSPS) is 10.6. The first-order chi connectivity index (χ1) is 9.70. The third-order valence-electron chi connectivity index (χ3n) is 2.80. The summed E-state index contributed by atoms with van der Waals surface area (Å²) < 4.78 is 0. The molecule has 3 N–H and O–H groups in total. The summed E-state index contributed by atoms with van der Waals surface area (Å²) in [7, 11) is 0. The second-order valence-corrected chi connectivity index (χ2v) is 5.20. The van der Waals surface area contributed by atoms with Crippen molar-refractivity contribution in [1.29, 1.82) is 0 Å². The van der Waals surface area contributed by atoms with Gasteiger partial charge in [0.25, 0.3) is 0 Å². The first-order valence-corrected chi connectivity index (χ1v) is 6.93. The van der Waals surface area contributed by atoms with Crippen LogP contribution in [0.3, 0.4) is 0 Å². The van der Waals surface area contributed by atoms with E-state index in [1.165, 1.54) is 11.3 Å². The molecule has 5 nitrogen and oxygen atoms in total. The lowest BCUT2D eigenvalue weighted by Gasteiger charge is -2.05. The van der Waals surface area contributed by atoms with Crippen LogP contribution in [0, 0.1) is 0 Å². The van der Waals surface area contributed by atoms with Gasteiger partial charge in [-0.1, -0.05) is 6.07 Å². The molecule has 100 valence electrons. The lowest BCUT2D eigenvalue weighted by atomic mass is 10.2. The Morgan fingerprint density at radius 3 is 3.05 bits per heavy atom. The monoisotopic (exact) mass is 284 g/mol. The van der Waals surface area contributed by atoms with Crippen LogP contribution in [0.2, 0.25) is 0 Å². The molecule has 1 aromatic carbocycles. The van der Waals surface area contributed by atoms with Gasteiger partial charge in [-0.3, -0.25) is 9.78 Å². The molecule has 0 aliphatic heterocycles. The van der Waals surface area contributed by atoms with Gasteiger partial charge in [-0.05, 0) is 24.3 Å². The number of carbonyl (C=O) groups is 1. The minimum atomic E-state index is -0.112. The molecule has 0 radical (unpaired) electrons. The minimum Gasteiger partial charge on any atom is -0.375 e. The van der Waals surface area contributed by atoms with E-state index in [0.29, 0.717) is 10.8 Å². The number of amides is 1. The number of nitrogens with one attached hydrogen (secondary N) is 1. The van der Waals surface area contributed by atoms with Crippen molar-refractivity contribution in [2.24, 2.45) is 0 Å². The van der Waals surface area contributed by atoms with Crippen LogP contribution >= 0.6 is 11.3 Å². The third-order valence-corrected chi connectivity index (χ3v) is 3.52. The summed E-state index contributed by atoms with van der Waals surface area (Å²) in [4.78, 5) is 20.2. The largest absolute Gasteiger partial charge is 0.375 e. The number of nitrogens with zero attached hydrogens (tertiary/aromatic N) is 2. The van der Waals surface area contributed by atoms with Crippen LogP contribution < -0.4 is 11.1 Å². The lowest BCUT2D eigenvalue weighted by Crippen LogP contribution is -2.14. The molecule has 20 heavy (non-hydrogen) atoms. The maximum atomic E-state index is 11.9. The van der Waals surface area contributed by atoms with Crippen molar-refractivity contribution >= 4 is 39.0 Å². The highest BCUT2D eigenvalue weighted by Crippen LogP contribution is 2.17. The number of benzene rings is 1. The fraction of sp³-hybridized carbons (Fsp3) is 0.0714. The van der Waals surface area contributed by atoms with Crippen LogP contribution in [-0.4, -0.2) is 15.9 Å². The van der Waals surface area contributed by atoms with Crippen molar-refractivity contribution in [2.45, 2.75) is 6.42 Å². The zero-order chi connectivity index (χ0) is 13.9. The number of fused-ring (bicyclic) bond motifs is 1. The van der Waals surface area contributed by atoms with E-state index < -0.39 is 0 Å². The van der Waals surface area contributed by atoms with Gasteiger partial charge in [0.1, 0.15) is 0 Å². The van der Waals surface area contributed by atoms with Crippen LogP contribution in [0.15, 0.2) is 41.9 Å². The molecular weight excluding hydrogens is 272 g/mol. The minimum absolute atomic E-state index is 0.112. The fourth-order valence-electron chi connectivity index (χ4n) is 1.93. The van der Waals surface area contributed by atoms with E-state index in [1.54, 1.807) is 11.6 Å². The first kappa shape index (κ1) is 12.6. The van der Waals surface area contributed by atoms with E-state index >= 15 is 0 Å². The molecule has 0 aliphatic carbocycles. The quantitative estimate of drug-likeness (QED) is 0.774. The van der Waals surface area contributed by atoms with Crippen LogP contribution in [0.4, 0.5) is 10.8 Å². The SMILES string of the molecule is Nc1nc(CC(=O)Nc2ccc3ncccc3c2)cs1. The highest BCUT2D eigenvalue weighted by atomic mass is 32.1. The van der Waals surface area contributed by atoms with Crippen LogP contribution in [0.25, 0.3) is 10.9 Å². The van der Waals surface area contributed by atoms with Crippen LogP contribution in [0.5, 0.6) is 0 Å². The van der Waals surface area contributed by atoms with Crippen molar-refractivity contribution in [1.82, 2.24) is 9.97 Å². The molecule has 3 aromatic rings. The number of hydrogen-bond acceptors (Lipinski definition) is 5. The van der Waals surface area contributed by atoms with Gasteiger partial charge in [0.05, 0.1) is 17.6 Å². The van der Waals surface area contributed by atoms with Gasteiger partial charge in [0.15, 0.2) is 5.13 Å². The van der Waals surface area contributed by atoms with Gasteiger partial charge in [-0.2, -0.15) is 0 Å². The van der Waals surface area contributed by atoms with Crippen LogP contribution in [0.1, 0.15) is 5.69 Å². The third kappa shape index (κ3) is 2.75. The molecule has 0 saturated heterocycles. The Hall–Kier alpha value is -2.47. The second-order valence-electron chi connectivity index (χ2n) is 4.31. The standard InChI is InChI=1S/C14H12N4OS/c15-14-18-11(8-20-14)7-13(19)17-10-3-4-12-9(6-10)2-1-5-16-12/h1-6,8H,7H2,(H2,15,18)(H,17,19). The smallest absolute Gasteiger partial charge is 0.230 e. The molecule has 0 saturated carbocycles. The number of nitrogen functional groups attached to an aromatic ring is 1. The van der Waals surface area contributed by atoms with E-state index in [-0.39, 0.29) is 12.3 Å². The van der Waals surface area contributed by atoms with E-state index in [1.807, 2.05) is 30.3 Å². The van der Waals surface area contributed by atoms with E-state index in [4.69, 9.17) is 5.73 Å². The van der Waals surface area contributed by atoms with Gasteiger partial charge < -0.3 is 11.1 Å². The summed E-state index contributed by atoms with van der Waals surface area (Å²) in [6.45, 7) is 0. The highest BCUT2D eigenvalue weighted by molar-refractivity contribution is 7.13. The maximum Gasteiger partial charge on any atom is 0.230 e. The Kier molecular flexibility index (Phi) is 3.30. The van der Waals surface area contributed by atoms with E-state index in [2.05, 4.69) is 15.3 Å². The average Bonchev–Trinajstić information content (AvgIpc) is 2.83. The zero-order valence-electron chi connectivity index (χ0n) is 10.5. The van der Waals surface area contributed by atoms with Gasteiger partial charge in [0, 0.05) is 22.7 Å². The molecule has 0 unspecified atom stereocenters. The number of anilines is 2. The molecule has 0 fully saturated rings. The van der Waals surface area contributed by atoms with Crippen LogP contribution in [-0.2, 0) is 11.2 Å². The van der Waals surface area contributed by atoms with Crippen molar-refractivity contribution in [2.75, 3.05) is 11.1 Å². The Morgan fingerprint density at radius 2 is 2.25 bits per heavy atom. The van der Waals surface area contributed by atoms with Gasteiger partial charge in [0.2, 0.25) is 5.91 Å². The Morgan fingerprint density at radius 1 is 1.35 bits per heavy atom. The number of aromatic nitrogens is 2. The molecule has 2 aromatic heterocycles. The Labute approximate surface area is 119 Å². The summed E-state index contributed by atoms with van der Waals surface area (Å²) in [6.07, 6.45) is 1.96. The number of carbonyl (C=O) groups excluding carboxylic acids is 1.